The van der Waals surface area contributed by atoms with E-state index in [0.29, 0.717) is 18.1 Å². The lowest BCUT2D eigenvalue weighted by Gasteiger charge is -2.20. The largest absolute Gasteiger partial charge is 0.480 e. The normalized spacial score (nSPS) is 10.8. The number of carboxylic acid groups (broad SMARTS) is 1. The van der Waals surface area contributed by atoms with Crippen molar-refractivity contribution in [2.75, 3.05) is 6.54 Å². The van der Waals surface area contributed by atoms with Gasteiger partial charge in [0.25, 0.3) is 0 Å². The minimum absolute atomic E-state index is 0.0296. The van der Waals surface area contributed by atoms with Crippen LogP contribution in [0.4, 0.5) is 0 Å². The number of nitrogens with zero attached hydrogens (tertiary/aromatic N) is 2. The molecule has 0 radical (unpaired) electrons. The Labute approximate surface area is 129 Å². The molecule has 0 saturated carbocycles. The van der Waals surface area contributed by atoms with E-state index in [4.69, 9.17) is 16.7 Å². The van der Waals surface area contributed by atoms with Gasteiger partial charge >= 0.3 is 5.97 Å². The molecule has 0 saturated heterocycles. The molecular weight excluding hydrogens is 288 g/mol. The summed E-state index contributed by atoms with van der Waals surface area (Å²) in [5, 5.41) is 9.72. The summed E-state index contributed by atoms with van der Waals surface area (Å²) in [6, 6.07) is 11.3. The molecule has 0 bridgehead atoms. The average Bonchev–Trinajstić information content (AvgIpc) is 2.43. The quantitative estimate of drug-likeness (QED) is 0.891. The summed E-state index contributed by atoms with van der Waals surface area (Å²) in [5.74, 6) is -0.851. The second-order valence-electron chi connectivity index (χ2n) is 4.99. The van der Waals surface area contributed by atoms with Crippen LogP contribution in [-0.2, 0) is 17.9 Å². The van der Waals surface area contributed by atoms with E-state index in [9.17, 15) is 4.79 Å². The molecule has 0 amide bonds. The highest BCUT2D eigenvalue weighted by molar-refractivity contribution is 6.30. The zero-order valence-corrected chi connectivity index (χ0v) is 12.5. The number of pyridine rings is 1. The van der Waals surface area contributed by atoms with Crippen molar-refractivity contribution >= 4 is 17.6 Å². The van der Waals surface area contributed by atoms with E-state index >= 15 is 0 Å². The molecule has 0 aliphatic heterocycles. The van der Waals surface area contributed by atoms with Gasteiger partial charge in [-0.25, -0.2) is 0 Å². The van der Waals surface area contributed by atoms with Crippen molar-refractivity contribution in [1.82, 2.24) is 9.88 Å². The van der Waals surface area contributed by atoms with Crippen molar-refractivity contribution in [1.29, 1.82) is 0 Å². The molecule has 5 heteroatoms. The van der Waals surface area contributed by atoms with Gasteiger partial charge in [-0.3, -0.25) is 14.7 Å². The van der Waals surface area contributed by atoms with Crippen LogP contribution in [0.5, 0.6) is 0 Å². The first kappa shape index (κ1) is 15.5. The van der Waals surface area contributed by atoms with E-state index in [1.54, 1.807) is 18.3 Å². The minimum Gasteiger partial charge on any atom is -0.480 e. The summed E-state index contributed by atoms with van der Waals surface area (Å²) in [6.07, 6.45) is 1.79. The number of halogens is 1. The summed E-state index contributed by atoms with van der Waals surface area (Å²) < 4.78 is 0. The zero-order chi connectivity index (χ0) is 15.2. The third-order valence-corrected chi connectivity index (χ3v) is 3.29. The van der Waals surface area contributed by atoms with Crippen LogP contribution in [0.25, 0.3) is 0 Å². The van der Waals surface area contributed by atoms with E-state index in [1.165, 1.54) is 0 Å². The van der Waals surface area contributed by atoms with Crippen molar-refractivity contribution in [3.63, 3.8) is 0 Å². The fraction of sp³-hybridized carbons (Fsp3) is 0.250. The van der Waals surface area contributed by atoms with Gasteiger partial charge in [0.15, 0.2) is 0 Å². The van der Waals surface area contributed by atoms with Crippen LogP contribution in [-0.4, -0.2) is 27.5 Å². The van der Waals surface area contributed by atoms with Gasteiger partial charge in [0.2, 0.25) is 0 Å². The maximum Gasteiger partial charge on any atom is 0.317 e. The number of aryl methyl sites for hydroxylation is 1. The van der Waals surface area contributed by atoms with Gasteiger partial charge in [-0.1, -0.05) is 29.8 Å². The Morgan fingerprint density at radius 3 is 2.48 bits per heavy atom. The molecule has 1 aromatic heterocycles. The first-order chi connectivity index (χ1) is 10.0. The molecule has 2 aromatic rings. The monoisotopic (exact) mass is 304 g/mol. The third-order valence-electron chi connectivity index (χ3n) is 3.04. The number of carboxylic acids is 1. The Morgan fingerprint density at radius 2 is 1.90 bits per heavy atom. The van der Waals surface area contributed by atoms with Gasteiger partial charge < -0.3 is 5.11 Å². The number of hydrogen-bond donors (Lipinski definition) is 1. The van der Waals surface area contributed by atoms with Crippen molar-refractivity contribution in [3.05, 3.63) is 64.4 Å². The molecule has 0 spiro atoms. The molecule has 4 nitrogen and oxygen atoms in total. The lowest BCUT2D eigenvalue weighted by molar-refractivity contribution is -0.138. The standard InChI is InChI=1S/C16H17ClN2O2/c1-12-2-7-15(18-8-12)10-19(11-16(20)21)9-13-3-5-14(17)6-4-13/h2-8H,9-11H2,1H3,(H,20,21). The first-order valence-electron chi connectivity index (χ1n) is 6.63. The molecular formula is C16H17ClN2O2. The molecule has 0 atom stereocenters. The molecule has 21 heavy (non-hydrogen) atoms. The lowest BCUT2D eigenvalue weighted by Crippen LogP contribution is -2.29. The van der Waals surface area contributed by atoms with Crippen LogP contribution in [0.2, 0.25) is 5.02 Å². The van der Waals surface area contributed by atoms with E-state index in [-0.39, 0.29) is 6.54 Å². The minimum atomic E-state index is -0.851. The fourth-order valence-corrected chi connectivity index (χ4v) is 2.15. The summed E-state index contributed by atoms with van der Waals surface area (Å²) >= 11 is 5.86. The predicted octanol–water partition coefficient (Wildman–Crippen LogP) is 3.13. The lowest BCUT2D eigenvalue weighted by atomic mass is 10.2. The van der Waals surface area contributed by atoms with Gasteiger partial charge in [-0.15, -0.1) is 0 Å². The van der Waals surface area contributed by atoms with Gasteiger partial charge in [0.1, 0.15) is 0 Å². The average molecular weight is 305 g/mol. The van der Waals surface area contributed by atoms with Crippen LogP contribution in [0.3, 0.4) is 0 Å². The molecule has 2 rings (SSSR count). The van der Waals surface area contributed by atoms with Gasteiger partial charge in [0.05, 0.1) is 12.2 Å². The van der Waals surface area contributed by atoms with E-state index in [1.807, 2.05) is 36.1 Å². The predicted molar refractivity (Wildman–Crippen MR) is 82.2 cm³/mol. The Kier molecular flexibility index (Phi) is 5.31. The highest BCUT2D eigenvalue weighted by atomic mass is 35.5. The van der Waals surface area contributed by atoms with Crippen LogP contribution in [0.15, 0.2) is 42.6 Å². The van der Waals surface area contributed by atoms with E-state index in [2.05, 4.69) is 4.98 Å². The van der Waals surface area contributed by atoms with E-state index in [0.717, 1.165) is 16.8 Å². The topological polar surface area (TPSA) is 53.4 Å². The second kappa shape index (κ2) is 7.20. The number of benzene rings is 1. The highest BCUT2D eigenvalue weighted by Crippen LogP contribution is 2.13. The Bertz CT molecular complexity index is 549. The smallest absolute Gasteiger partial charge is 0.317 e. The van der Waals surface area contributed by atoms with Crippen molar-refractivity contribution in [3.8, 4) is 0 Å². The number of carbonyl (C=O) groups is 1. The van der Waals surface area contributed by atoms with Gasteiger partial charge in [0, 0.05) is 24.3 Å². The van der Waals surface area contributed by atoms with Crippen LogP contribution in [0.1, 0.15) is 16.8 Å². The number of rotatable bonds is 6. The highest BCUT2D eigenvalue weighted by Gasteiger charge is 2.12. The molecule has 1 heterocycles. The summed E-state index contributed by atoms with van der Waals surface area (Å²) in [5.41, 5.74) is 2.96. The molecule has 1 N–H and O–H groups in total. The van der Waals surface area contributed by atoms with Gasteiger partial charge in [-0.05, 0) is 36.2 Å². The maximum absolute atomic E-state index is 11.0. The number of aromatic nitrogens is 1. The third kappa shape index (κ3) is 5.17. The molecule has 1 aromatic carbocycles. The summed E-state index contributed by atoms with van der Waals surface area (Å²) in [6.45, 7) is 2.98. The Balaban J connectivity index is 2.08. The molecule has 0 fully saturated rings. The van der Waals surface area contributed by atoms with Gasteiger partial charge in [-0.2, -0.15) is 0 Å². The molecule has 110 valence electrons. The second-order valence-corrected chi connectivity index (χ2v) is 5.43. The summed E-state index contributed by atoms with van der Waals surface area (Å²) in [7, 11) is 0. The first-order valence-corrected chi connectivity index (χ1v) is 7.01. The number of hydrogen-bond acceptors (Lipinski definition) is 3. The molecule has 0 unspecified atom stereocenters. The molecule has 0 aliphatic rings. The fourth-order valence-electron chi connectivity index (χ4n) is 2.03. The zero-order valence-electron chi connectivity index (χ0n) is 11.8. The van der Waals surface area contributed by atoms with Crippen molar-refractivity contribution < 1.29 is 9.90 Å². The van der Waals surface area contributed by atoms with Crippen LogP contribution >= 0.6 is 11.6 Å². The Morgan fingerprint density at radius 1 is 1.19 bits per heavy atom. The number of aliphatic carboxylic acids is 1. The van der Waals surface area contributed by atoms with Crippen molar-refractivity contribution in [2.45, 2.75) is 20.0 Å². The van der Waals surface area contributed by atoms with Crippen LogP contribution in [0, 0.1) is 6.92 Å². The van der Waals surface area contributed by atoms with Crippen LogP contribution < -0.4 is 0 Å². The SMILES string of the molecule is Cc1ccc(CN(CC(=O)O)Cc2ccc(Cl)cc2)nc1. The van der Waals surface area contributed by atoms with Crippen molar-refractivity contribution in [2.24, 2.45) is 0 Å². The van der Waals surface area contributed by atoms with E-state index < -0.39 is 5.97 Å². The molecule has 0 aliphatic carbocycles. The summed E-state index contributed by atoms with van der Waals surface area (Å²) in [4.78, 5) is 17.2. The maximum atomic E-state index is 11.0. The Hall–Kier alpha value is -1.91.